The molecular weight excluding hydrogens is 408 g/mol. The predicted molar refractivity (Wildman–Crippen MR) is 157 cm³/mol. The zero-order valence-corrected chi connectivity index (χ0v) is 24.1. The van der Waals surface area contributed by atoms with Gasteiger partial charge in [-0.3, -0.25) is 0 Å². The highest BCUT2D eigenvalue weighted by atomic mass is 14.2. The molecule has 0 N–H and O–H groups in total. The average Bonchev–Trinajstić information content (AvgIpc) is 2.91. The molecule has 1 radical (unpaired) electrons. The first-order valence-corrected chi connectivity index (χ1v) is 16.7. The Hall–Kier alpha value is 0. The molecule has 1 atom stereocenters. The first-order chi connectivity index (χ1) is 16.9. The standard InChI is InChI=1S/C34H67/c1-3-5-6-7-8-9-10-11-12-13-14-15-16-17-18-21-24-27-30-33(4-2)34-31-28-25-22-19-20-23-26-29-32-34/h33-34H,1,3-32H2,2H3. The van der Waals surface area contributed by atoms with E-state index in [1.807, 2.05) is 0 Å². The fourth-order valence-electron chi connectivity index (χ4n) is 6.50. The van der Waals surface area contributed by atoms with E-state index in [9.17, 15) is 0 Å². The van der Waals surface area contributed by atoms with Gasteiger partial charge < -0.3 is 0 Å². The van der Waals surface area contributed by atoms with Gasteiger partial charge in [0.15, 0.2) is 0 Å². The Balaban J connectivity index is 1.89. The molecule has 0 spiro atoms. The van der Waals surface area contributed by atoms with Crippen LogP contribution in [0.25, 0.3) is 0 Å². The average molecular weight is 476 g/mol. The topological polar surface area (TPSA) is 0 Å². The van der Waals surface area contributed by atoms with Crippen molar-refractivity contribution in [2.24, 2.45) is 11.8 Å². The molecule has 0 aliphatic heterocycles. The Morgan fingerprint density at radius 1 is 0.471 bits per heavy atom. The molecule has 0 aromatic rings. The molecule has 1 saturated carbocycles. The molecule has 0 heteroatoms. The van der Waals surface area contributed by atoms with Gasteiger partial charge >= 0.3 is 0 Å². The summed E-state index contributed by atoms with van der Waals surface area (Å²) in [7, 11) is 0. The monoisotopic (exact) mass is 476 g/mol. The molecule has 0 heterocycles. The number of hydrogen-bond acceptors (Lipinski definition) is 0. The summed E-state index contributed by atoms with van der Waals surface area (Å²) >= 11 is 0. The molecule has 0 saturated heterocycles. The van der Waals surface area contributed by atoms with Gasteiger partial charge in [0.25, 0.3) is 0 Å². The summed E-state index contributed by atoms with van der Waals surface area (Å²) in [5.74, 6) is 2.08. The number of hydrogen-bond donors (Lipinski definition) is 0. The molecule has 0 amide bonds. The van der Waals surface area contributed by atoms with E-state index in [1.54, 1.807) is 0 Å². The third-order valence-corrected chi connectivity index (χ3v) is 8.92. The van der Waals surface area contributed by atoms with Crippen LogP contribution >= 0.6 is 0 Å². The lowest BCUT2D eigenvalue weighted by Gasteiger charge is -2.26. The van der Waals surface area contributed by atoms with Crippen LogP contribution in [0.1, 0.15) is 200 Å². The van der Waals surface area contributed by atoms with Gasteiger partial charge in [-0.25, -0.2) is 0 Å². The zero-order chi connectivity index (χ0) is 24.4. The highest BCUT2D eigenvalue weighted by molar-refractivity contribution is 4.71. The van der Waals surface area contributed by atoms with E-state index >= 15 is 0 Å². The third kappa shape index (κ3) is 20.2. The molecule has 0 nitrogen and oxygen atoms in total. The minimum Gasteiger partial charge on any atom is -0.0651 e. The second-order valence-corrected chi connectivity index (χ2v) is 12.0. The molecule has 203 valence electrons. The number of rotatable bonds is 21. The summed E-state index contributed by atoms with van der Waals surface area (Å²) in [5.41, 5.74) is 0. The van der Waals surface area contributed by atoms with Crippen LogP contribution in [0.2, 0.25) is 0 Å². The summed E-state index contributed by atoms with van der Waals surface area (Å²) in [5, 5.41) is 0. The smallest absolute Gasteiger partial charge is 0.0386 e. The Morgan fingerprint density at radius 2 is 0.794 bits per heavy atom. The molecule has 1 aliphatic carbocycles. The summed E-state index contributed by atoms with van der Waals surface area (Å²) in [6, 6.07) is 0. The van der Waals surface area contributed by atoms with Crippen LogP contribution in [0, 0.1) is 18.8 Å². The van der Waals surface area contributed by atoms with Gasteiger partial charge in [-0.05, 0) is 11.8 Å². The summed E-state index contributed by atoms with van der Waals surface area (Å²) in [4.78, 5) is 0. The highest BCUT2D eigenvalue weighted by Gasteiger charge is 2.19. The Bertz CT molecular complexity index is 360. The van der Waals surface area contributed by atoms with Gasteiger partial charge in [-0.2, -0.15) is 0 Å². The zero-order valence-electron chi connectivity index (χ0n) is 24.1. The van der Waals surface area contributed by atoms with Crippen molar-refractivity contribution in [3.05, 3.63) is 6.92 Å². The van der Waals surface area contributed by atoms with E-state index in [2.05, 4.69) is 13.8 Å². The van der Waals surface area contributed by atoms with Crippen molar-refractivity contribution >= 4 is 0 Å². The normalized spacial score (nSPS) is 17.5. The van der Waals surface area contributed by atoms with Gasteiger partial charge in [-0.15, -0.1) is 0 Å². The largest absolute Gasteiger partial charge is 0.0651 e. The van der Waals surface area contributed by atoms with Crippen LogP contribution in [0.5, 0.6) is 0 Å². The quantitative estimate of drug-likeness (QED) is 0.145. The Labute approximate surface area is 218 Å². The van der Waals surface area contributed by atoms with Crippen LogP contribution in [0.4, 0.5) is 0 Å². The van der Waals surface area contributed by atoms with Crippen molar-refractivity contribution in [3.63, 3.8) is 0 Å². The van der Waals surface area contributed by atoms with E-state index in [1.165, 1.54) is 186 Å². The second-order valence-electron chi connectivity index (χ2n) is 12.0. The maximum Gasteiger partial charge on any atom is -0.0386 e. The Morgan fingerprint density at radius 3 is 1.15 bits per heavy atom. The molecule has 1 aliphatic rings. The van der Waals surface area contributed by atoms with Gasteiger partial charge in [0.2, 0.25) is 0 Å². The second kappa shape index (κ2) is 26.1. The molecular formula is C34H67. The van der Waals surface area contributed by atoms with Crippen molar-refractivity contribution in [2.75, 3.05) is 0 Å². The van der Waals surface area contributed by atoms with Crippen LogP contribution < -0.4 is 0 Å². The lowest BCUT2D eigenvalue weighted by Crippen LogP contribution is -2.15. The van der Waals surface area contributed by atoms with Gasteiger partial charge in [0.1, 0.15) is 0 Å². The minimum absolute atomic E-state index is 1.03. The molecule has 1 unspecified atom stereocenters. The van der Waals surface area contributed by atoms with Crippen molar-refractivity contribution < 1.29 is 0 Å². The molecule has 1 fully saturated rings. The molecule has 0 bridgehead atoms. The molecule has 1 rings (SSSR count). The van der Waals surface area contributed by atoms with Gasteiger partial charge in [0.05, 0.1) is 0 Å². The van der Waals surface area contributed by atoms with Crippen molar-refractivity contribution in [1.29, 1.82) is 0 Å². The maximum absolute atomic E-state index is 3.93. The van der Waals surface area contributed by atoms with Crippen LogP contribution in [0.15, 0.2) is 0 Å². The predicted octanol–water partition coefficient (Wildman–Crippen LogP) is 12.8. The lowest BCUT2D eigenvalue weighted by molar-refractivity contribution is 0.251. The first-order valence-electron chi connectivity index (χ1n) is 16.7. The van der Waals surface area contributed by atoms with E-state index in [4.69, 9.17) is 0 Å². The fourth-order valence-corrected chi connectivity index (χ4v) is 6.50. The maximum atomic E-state index is 3.93. The van der Waals surface area contributed by atoms with E-state index in [0.29, 0.717) is 0 Å². The van der Waals surface area contributed by atoms with E-state index in [-0.39, 0.29) is 0 Å². The number of unbranched alkanes of at least 4 members (excludes halogenated alkanes) is 17. The summed E-state index contributed by atoms with van der Waals surface area (Å²) in [6.07, 6.45) is 44.2. The van der Waals surface area contributed by atoms with Gasteiger partial charge in [0, 0.05) is 0 Å². The van der Waals surface area contributed by atoms with E-state index < -0.39 is 0 Å². The fraction of sp³-hybridized carbons (Fsp3) is 0.971. The van der Waals surface area contributed by atoms with Gasteiger partial charge in [-0.1, -0.05) is 206 Å². The third-order valence-electron chi connectivity index (χ3n) is 8.92. The minimum atomic E-state index is 1.03. The Kier molecular flexibility index (Phi) is 24.6. The van der Waals surface area contributed by atoms with Crippen molar-refractivity contribution in [2.45, 2.75) is 200 Å². The summed E-state index contributed by atoms with van der Waals surface area (Å²) in [6.45, 7) is 6.41. The first kappa shape index (κ1) is 32.0. The molecule has 34 heavy (non-hydrogen) atoms. The SMILES string of the molecule is [CH2]CCCCCCCCCCCCCCCCCCCC(CC)C1CCCCCCCCCC1. The lowest BCUT2D eigenvalue weighted by atomic mass is 9.79. The molecule has 0 aromatic carbocycles. The summed E-state index contributed by atoms with van der Waals surface area (Å²) < 4.78 is 0. The van der Waals surface area contributed by atoms with Crippen molar-refractivity contribution in [3.8, 4) is 0 Å². The van der Waals surface area contributed by atoms with Crippen molar-refractivity contribution in [1.82, 2.24) is 0 Å². The van der Waals surface area contributed by atoms with E-state index in [0.717, 1.165) is 18.3 Å². The van der Waals surface area contributed by atoms with Crippen LogP contribution in [0.3, 0.4) is 0 Å². The molecule has 0 aromatic heterocycles. The van der Waals surface area contributed by atoms with Crippen LogP contribution in [-0.4, -0.2) is 0 Å². The highest BCUT2D eigenvalue weighted by Crippen LogP contribution is 2.32. The van der Waals surface area contributed by atoms with Crippen LogP contribution in [-0.2, 0) is 0 Å².